The molecule has 0 bridgehead atoms. The molecule has 0 aliphatic carbocycles. The van der Waals surface area contributed by atoms with Gasteiger partial charge in [-0.2, -0.15) is 0 Å². The lowest BCUT2D eigenvalue weighted by Gasteiger charge is -2.04. The summed E-state index contributed by atoms with van der Waals surface area (Å²) in [4.78, 5) is 11.5. The Balaban J connectivity index is 4.20. The Labute approximate surface area is 116 Å². The second-order valence-corrected chi connectivity index (χ2v) is 3.66. The Morgan fingerprint density at radius 2 is 1.89 bits per heavy atom. The van der Waals surface area contributed by atoms with Crippen molar-refractivity contribution in [3.63, 3.8) is 0 Å². The van der Waals surface area contributed by atoms with Gasteiger partial charge in [-0.3, -0.25) is 4.79 Å². The first-order chi connectivity index (χ1) is 9.26. The smallest absolute Gasteiger partial charge is 0.250 e. The average molecular weight is 261 g/mol. The summed E-state index contributed by atoms with van der Waals surface area (Å²) in [6, 6.07) is 0. The van der Waals surface area contributed by atoms with Crippen LogP contribution in [0.4, 0.5) is 0 Å². The van der Waals surface area contributed by atoms with Gasteiger partial charge in [0.05, 0.1) is 11.8 Å². The molecule has 0 rings (SSSR count). The largest absolute Gasteiger partial charge is 0.496 e. The number of rotatable bonds is 8. The number of carbonyl (C=O) groups excluding carboxylic acids is 1. The molecule has 0 atom stereocenters. The van der Waals surface area contributed by atoms with E-state index in [2.05, 4.69) is 18.3 Å². The zero-order valence-electron chi connectivity index (χ0n) is 11.9. The predicted octanol–water partition coefficient (Wildman–Crippen LogP) is 3.29. The number of nitrogens with one attached hydrogen (secondary N) is 1. The molecule has 1 N–H and O–H groups in total. The minimum Gasteiger partial charge on any atom is -0.496 e. The molecule has 0 unspecified atom stereocenters. The van der Waals surface area contributed by atoms with Gasteiger partial charge >= 0.3 is 0 Å². The Bertz CT molecular complexity index is 388. The maximum Gasteiger partial charge on any atom is 0.250 e. The number of ether oxygens (including phenoxy) is 1. The third kappa shape index (κ3) is 9.65. The SMILES string of the molecule is C/C=C\C=C(/CO/C=C/C=C\C=C/CC)C(=O)NC. The summed E-state index contributed by atoms with van der Waals surface area (Å²) in [6.07, 6.45) is 17.7. The molecule has 3 heteroatoms. The van der Waals surface area contributed by atoms with E-state index in [1.807, 2.05) is 37.3 Å². The van der Waals surface area contributed by atoms with Crippen LogP contribution in [0.5, 0.6) is 0 Å². The van der Waals surface area contributed by atoms with E-state index in [4.69, 9.17) is 4.74 Å². The molecule has 0 spiro atoms. The summed E-state index contributed by atoms with van der Waals surface area (Å²) in [7, 11) is 1.60. The van der Waals surface area contributed by atoms with E-state index in [1.54, 1.807) is 25.5 Å². The first-order valence-corrected chi connectivity index (χ1v) is 6.40. The highest BCUT2D eigenvalue weighted by Crippen LogP contribution is 1.98. The quantitative estimate of drug-likeness (QED) is 0.413. The Hall–Kier alpha value is -2.03. The van der Waals surface area contributed by atoms with Crippen LogP contribution >= 0.6 is 0 Å². The molecule has 0 aromatic heterocycles. The Kier molecular flexibility index (Phi) is 11.1. The van der Waals surface area contributed by atoms with E-state index in [0.29, 0.717) is 5.57 Å². The van der Waals surface area contributed by atoms with Gasteiger partial charge in [0.1, 0.15) is 6.61 Å². The maximum absolute atomic E-state index is 11.5. The van der Waals surface area contributed by atoms with Crippen molar-refractivity contribution in [2.45, 2.75) is 20.3 Å². The highest BCUT2D eigenvalue weighted by atomic mass is 16.5. The Morgan fingerprint density at radius 3 is 2.53 bits per heavy atom. The van der Waals surface area contributed by atoms with Crippen molar-refractivity contribution in [1.82, 2.24) is 5.32 Å². The molecule has 0 radical (unpaired) electrons. The molecule has 0 saturated carbocycles. The van der Waals surface area contributed by atoms with Crippen LogP contribution in [0, 0.1) is 0 Å². The van der Waals surface area contributed by atoms with Crippen molar-refractivity contribution in [3.05, 3.63) is 60.4 Å². The lowest BCUT2D eigenvalue weighted by molar-refractivity contribution is -0.117. The molecule has 0 aliphatic heterocycles. The van der Waals surface area contributed by atoms with Crippen molar-refractivity contribution in [1.29, 1.82) is 0 Å². The Morgan fingerprint density at radius 1 is 1.16 bits per heavy atom. The van der Waals surface area contributed by atoms with E-state index in [-0.39, 0.29) is 12.5 Å². The van der Waals surface area contributed by atoms with Crippen LogP contribution in [0.1, 0.15) is 20.3 Å². The molecule has 0 heterocycles. The summed E-state index contributed by atoms with van der Waals surface area (Å²) >= 11 is 0. The number of allylic oxidation sites excluding steroid dienone is 8. The summed E-state index contributed by atoms with van der Waals surface area (Å²) in [5, 5.41) is 2.58. The van der Waals surface area contributed by atoms with Crippen molar-refractivity contribution >= 4 is 5.91 Å². The molecule has 0 saturated heterocycles. The van der Waals surface area contributed by atoms with E-state index < -0.39 is 0 Å². The molecule has 0 aromatic rings. The van der Waals surface area contributed by atoms with Crippen molar-refractivity contribution in [2.75, 3.05) is 13.7 Å². The third-order valence-electron chi connectivity index (χ3n) is 2.13. The van der Waals surface area contributed by atoms with Crippen LogP contribution in [0.3, 0.4) is 0 Å². The maximum atomic E-state index is 11.5. The average Bonchev–Trinajstić information content (AvgIpc) is 2.44. The first kappa shape index (κ1) is 17.0. The van der Waals surface area contributed by atoms with Crippen LogP contribution in [0.25, 0.3) is 0 Å². The van der Waals surface area contributed by atoms with Gasteiger partial charge in [-0.05, 0) is 19.4 Å². The monoisotopic (exact) mass is 261 g/mol. The summed E-state index contributed by atoms with van der Waals surface area (Å²) < 4.78 is 5.30. The molecular weight excluding hydrogens is 238 g/mol. The van der Waals surface area contributed by atoms with E-state index in [9.17, 15) is 4.79 Å². The third-order valence-corrected chi connectivity index (χ3v) is 2.13. The molecular formula is C16H23NO2. The summed E-state index contributed by atoms with van der Waals surface area (Å²) in [5.41, 5.74) is 0.583. The van der Waals surface area contributed by atoms with Gasteiger partial charge in [-0.15, -0.1) is 0 Å². The van der Waals surface area contributed by atoms with Gasteiger partial charge in [-0.25, -0.2) is 0 Å². The predicted molar refractivity (Wildman–Crippen MR) is 80.6 cm³/mol. The van der Waals surface area contributed by atoms with Gasteiger partial charge in [0.25, 0.3) is 0 Å². The molecule has 19 heavy (non-hydrogen) atoms. The van der Waals surface area contributed by atoms with E-state index >= 15 is 0 Å². The summed E-state index contributed by atoms with van der Waals surface area (Å²) in [5.74, 6) is -0.132. The second kappa shape index (κ2) is 12.4. The lowest BCUT2D eigenvalue weighted by Crippen LogP contribution is -2.22. The van der Waals surface area contributed by atoms with Crippen LogP contribution in [0.2, 0.25) is 0 Å². The minimum atomic E-state index is -0.132. The fourth-order valence-corrected chi connectivity index (χ4v) is 1.14. The number of carbonyl (C=O) groups is 1. The highest BCUT2D eigenvalue weighted by Gasteiger charge is 2.05. The van der Waals surface area contributed by atoms with Crippen molar-refractivity contribution in [2.24, 2.45) is 0 Å². The van der Waals surface area contributed by atoms with Crippen LogP contribution < -0.4 is 5.32 Å². The lowest BCUT2D eigenvalue weighted by atomic mass is 10.2. The van der Waals surface area contributed by atoms with Gasteiger partial charge in [0, 0.05) is 7.05 Å². The molecule has 104 valence electrons. The fraction of sp³-hybridized carbons (Fsp3) is 0.312. The molecule has 0 aliphatic rings. The van der Waals surface area contributed by atoms with Crippen LogP contribution in [0.15, 0.2) is 60.4 Å². The van der Waals surface area contributed by atoms with Crippen LogP contribution in [-0.4, -0.2) is 19.6 Å². The number of likely N-dealkylation sites (N-methyl/N-ethyl adjacent to an activating group) is 1. The first-order valence-electron chi connectivity index (χ1n) is 6.40. The fourth-order valence-electron chi connectivity index (χ4n) is 1.14. The molecule has 0 fully saturated rings. The van der Waals surface area contributed by atoms with Crippen LogP contribution in [-0.2, 0) is 9.53 Å². The number of amides is 1. The molecule has 3 nitrogen and oxygen atoms in total. The highest BCUT2D eigenvalue weighted by molar-refractivity contribution is 5.93. The second-order valence-electron chi connectivity index (χ2n) is 3.66. The van der Waals surface area contributed by atoms with Gasteiger partial charge in [0.2, 0.25) is 5.91 Å². The standard InChI is InChI=1S/C16H23NO2/c1-4-6-8-9-10-11-13-19-14-15(12-7-5-2)16(18)17-3/h5-13H,4,14H2,1-3H3,(H,17,18)/b7-5-,8-6-,10-9-,13-11+,15-12+. The molecule has 1 amide bonds. The van der Waals surface area contributed by atoms with E-state index in [0.717, 1.165) is 6.42 Å². The number of hydrogen-bond acceptors (Lipinski definition) is 2. The number of hydrogen-bond donors (Lipinski definition) is 1. The van der Waals surface area contributed by atoms with Gasteiger partial charge in [-0.1, -0.05) is 49.5 Å². The van der Waals surface area contributed by atoms with Gasteiger partial charge in [0.15, 0.2) is 0 Å². The zero-order valence-corrected chi connectivity index (χ0v) is 11.9. The topological polar surface area (TPSA) is 38.3 Å². The normalized spacial score (nSPS) is 13.1. The van der Waals surface area contributed by atoms with E-state index in [1.165, 1.54) is 0 Å². The minimum absolute atomic E-state index is 0.132. The zero-order chi connectivity index (χ0) is 14.3. The molecule has 0 aromatic carbocycles. The van der Waals surface area contributed by atoms with Crippen molar-refractivity contribution in [3.8, 4) is 0 Å². The van der Waals surface area contributed by atoms with Gasteiger partial charge < -0.3 is 10.1 Å². The van der Waals surface area contributed by atoms with Crippen molar-refractivity contribution < 1.29 is 9.53 Å². The summed E-state index contributed by atoms with van der Waals surface area (Å²) in [6.45, 7) is 4.23.